The monoisotopic (exact) mass is 370 g/mol. The Morgan fingerprint density at radius 2 is 2.09 bits per heavy atom. The van der Waals surface area contributed by atoms with E-state index < -0.39 is 16.1 Å². The third-order valence-corrected chi connectivity index (χ3v) is 7.20. The SMILES string of the molecule is Cc1cccc(C2C(=O)NCCN2S(=O)(=O)c2ccc(Cl)s2)c1. The number of amides is 1. The lowest BCUT2D eigenvalue weighted by molar-refractivity contribution is -0.126. The van der Waals surface area contributed by atoms with Gasteiger partial charge in [0.25, 0.3) is 10.0 Å². The zero-order valence-corrected chi connectivity index (χ0v) is 14.7. The minimum absolute atomic E-state index is 0.148. The Kier molecular flexibility index (Phi) is 4.46. The molecule has 3 rings (SSSR count). The fraction of sp³-hybridized carbons (Fsp3) is 0.267. The number of halogens is 1. The number of hydrogen-bond donors (Lipinski definition) is 1. The summed E-state index contributed by atoms with van der Waals surface area (Å²) >= 11 is 6.86. The van der Waals surface area contributed by atoms with Crippen LogP contribution in [0.15, 0.2) is 40.6 Å². The third-order valence-electron chi connectivity index (χ3n) is 3.64. The van der Waals surface area contributed by atoms with Gasteiger partial charge >= 0.3 is 0 Å². The molecular formula is C15H15ClN2O3S2. The topological polar surface area (TPSA) is 66.5 Å². The lowest BCUT2D eigenvalue weighted by atomic mass is 10.0. The van der Waals surface area contributed by atoms with Crippen LogP contribution in [0.25, 0.3) is 0 Å². The van der Waals surface area contributed by atoms with E-state index in [1.165, 1.54) is 10.4 Å². The van der Waals surface area contributed by atoms with Gasteiger partial charge in [-0.1, -0.05) is 41.4 Å². The summed E-state index contributed by atoms with van der Waals surface area (Å²) in [6, 6.07) is 9.48. The van der Waals surface area contributed by atoms with E-state index in [2.05, 4.69) is 5.32 Å². The van der Waals surface area contributed by atoms with Crippen LogP contribution >= 0.6 is 22.9 Å². The molecule has 1 N–H and O–H groups in total. The molecule has 5 nitrogen and oxygen atoms in total. The first kappa shape index (κ1) is 16.4. The van der Waals surface area contributed by atoms with Gasteiger partial charge in [-0.15, -0.1) is 11.3 Å². The highest BCUT2D eigenvalue weighted by molar-refractivity contribution is 7.91. The minimum atomic E-state index is -3.78. The van der Waals surface area contributed by atoms with Crippen molar-refractivity contribution in [3.8, 4) is 0 Å². The molecule has 1 aliphatic rings. The summed E-state index contributed by atoms with van der Waals surface area (Å²) in [5.41, 5.74) is 1.63. The number of piperazine rings is 1. The molecule has 122 valence electrons. The number of aryl methyl sites for hydroxylation is 1. The molecule has 1 unspecified atom stereocenters. The molecule has 1 aliphatic heterocycles. The third kappa shape index (κ3) is 3.14. The van der Waals surface area contributed by atoms with E-state index in [1.807, 2.05) is 25.1 Å². The average molecular weight is 371 g/mol. The second-order valence-corrected chi connectivity index (χ2v) is 9.11. The zero-order chi connectivity index (χ0) is 16.6. The number of nitrogens with zero attached hydrogens (tertiary/aromatic N) is 1. The highest BCUT2D eigenvalue weighted by Crippen LogP contribution is 2.34. The fourth-order valence-corrected chi connectivity index (χ4v) is 5.80. The van der Waals surface area contributed by atoms with Crippen LogP contribution in [0.4, 0.5) is 0 Å². The van der Waals surface area contributed by atoms with Crippen molar-refractivity contribution >= 4 is 38.9 Å². The summed E-state index contributed by atoms with van der Waals surface area (Å²) in [6.45, 7) is 2.42. The van der Waals surface area contributed by atoms with E-state index in [1.54, 1.807) is 12.1 Å². The standard InChI is InChI=1S/C15H15ClN2O3S2/c1-10-3-2-4-11(9-10)14-15(19)17-7-8-18(14)23(20,21)13-6-5-12(16)22-13/h2-6,9,14H,7-8H2,1H3,(H,17,19). The first-order valence-corrected chi connectivity index (χ1v) is 9.64. The lowest BCUT2D eigenvalue weighted by Crippen LogP contribution is -2.51. The molecule has 0 aliphatic carbocycles. The van der Waals surface area contributed by atoms with Gasteiger partial charge < -0.3 is 5.32 Å². The molecule has 1 amide bonds. The van der Waals surface area contributed by atoms with Gasteiger partial charge in [0.05, 0.1) is 4.34 Å². The summed E-state index contributed by atoms with van der Waals surface area (Å²) in [6.07, 6.45) is 0. The molecule has 1 aromatic carbocycles. The molecule has 1 fully saturated rings. The second kappa shape index (κ2) is 6.24. The van der Waals surface area contributed by atoms with Crippen molar-refractivity contribution in [2.24, 2.45) is 0 Å². The van der Waals surface area contributed by atoms with Crippen molar-refractivity contribution in [2.75, 3.05) is 13.1 Å². The molecular weight excluding hydrogens is 356 g/mol. The smallest absolute Gasteiger partial charge is 0.253 e. The van der Waals surface area contributed by atoms with E-state index in [4.69, 9.17) is 11.6 Å². The summed E-state index contributed by atoms with van der Waals surface area (Å²) in [5.74, 6) is -0.312. The molecule has 8 heteroatoms. The van der Waals surface area contributed by atoms with Gasteiger partial charge in [0, 0.05) is 13.1 Å². The van der Waals surface area contributed by atoms with E-state index in [-0.39, 0.29) is 16.7 Å². The summed E-state index contributed by atoms with van der Waals surface area (Å²) in [4.78, 5) is 12.4. The van der Waals surface area contributed by atoms with Gasteiger partial charge in [-0.2, -0.15) is 4.31 Å². The molecule has 1 atom stereocenters. The van der Waals surface area contributed by atoms with Gasteiger partial charge in [0.1, 0.15) is 10.3 Å². The Morgan fingerprint density at radius 3 is 2.74 bits per heavy atom. The number of carbonyl (C=O) groups excluding carboxylic acids is 1. The Balaban J connectivity index is 2.06. The minimum Gasteiger partial charge on any atom is -0.353 e. The predicted octanol–water partition coefficient (Wildman–Crippen LogP) is 2.57. The molecule has 1 saturated heterocycles. The average Bonchev–Trinajstić information content (AvgIpc) is 2.94. The van der Waals surface area contributed by atoms with Crippen molar-refractivity contribution in [1.29, 1.82) is 0 Å². The first-order chi connectivity index (χ1) is 10.9. The number of benzene rings is 1. The summed E-state index contributed by atoms with van der Waals surface area (Å²) in [5, 5.41) is 2.74. The van der Waals surface area contributed by atoms with Crippen molar-refractivity contribution in [3.05, 3.63) is 51.9 Å². The number of nitrogens with one attached hydrogen (secondary N) is 1. The molecule has 2 aromatic rings. The maximum absolute atomic E-state index is 12.9. The van der Waals surface area contributed by atoms with E-state index in [9.17, 15) is 13.2 Å². The van der Waals surface area contributed by atoms with Crippen LogP contribution < -0.4 is 5.32 Å². The zero-order valence-electron chi connectivity index (χ0n) is 12.3. The number of carbonyl (C=O) groups is 1. The highest BCUT2D eigenvalue weighted by atomic mass is 35.5. The molecule has 0 bridgehead atoms. The molecule has 0 radical (unpaired) electrons. The van der Waals surface area contributed by atoms with Crippen molar-refractivity contribution in [3.63, 3.8) is 0 Å². The normalized spacial score (nSPS) is 19.6. The Hall–Kier alpha value is -1.41. The van der Waals surface area contributed by atoms with Crippen LogP contribution in [-0.2, 0) is 14.8 Å². The summed E-state index contributed by atoms with van der Waals surface area (Å²) in [7, 11) is -3.78. The first-order valence-electron chi connectivity index (χ1n) is 7.01. The molecule has 0 saturated carbocycles. The molecule has 1 aromatic heterocycles. The van der Waals surface area contributed by atoms with E-state index >= 15 is 0 Å². The van der Waals surface area contributed by atoms with Crippen LogP contribution in [0.3, 0.4) is 0 Å². The molecule has 2 heterocycles. The van der Waals surface area contributed by atoms with Crippen LogP contribution in [0, 0.1) is 6.92 Å². The lowest BCUT2D eigenvalue weighted by Gasteiger charge is -2.34. The van der Waals surface area contributed by atoms with Gasteiger partial charge in [0.2, 0.25) is 5.91 Å². The maximum Gasteiger partial charge on any atom is 0.253 e. The quantitative estimate of drug-likeness (QED) is 0.902. The van der Waals surface area contributed by atoms with Crippen molar-refractivity contribution in [1.82, 2.24) is 9.62 Å². The van der Waals surface area contributed by atoms with Crippen molar-refractivity contribution in [2.45, 2.75) is 17.2 Å². The van der Waals surface area contributed by atoms with Crippen LogP contribution in [-0.4, -0.2) is 31.7 Å². The van der Waals surface area contributed by atoms with Crippen LogP contribution in [0.5, 0.6) is 0 Å². The van der Waals surface area contributed by atoms with Gasteiger partial charge in [-0.05, 0) is 24.6 Å². The Morgan fingerprint density at radius 1 is 1.30 bits per heavy atom. The van der Waals surface area contributed by atoms with Crippen LogP contribution in [0.2, 0.25) is 4.34 Å². The van der Waals surface area contributed by atoms with Gasteiger partial charge in [0.15, 0.2) is 0 Å². The van der Waals surface area contributed by atoms with Gasteiger partial charge in [-0.25, -0.2) is 8.42 Å². The largest absolute Gasteiger partial charge is 0.353 e. The number of thiophene rings is 1. The van der Waals surface area contributed by atoms with E-state index in [0.29, 0.717) is 16.4 Å². The maximum atomic E-state index is 12.9. The number of rotatable bonds is 3. The Labute approximate surface area is 143 Å². The molecule has 0 spiro atoms. The highest BCUT2D eigenvalue weighted by Gasteiger charge is 2.40. The number of sulfonamides is 1. The summed E-state index contributed by atoms with van der Waals surface area (Å²) < 4.78 is 27.6. The fourth-order valence-electron chi connectivity index (χ4n) is 2.61. The second-order valence-electron chi connectivity index (χ2n) is 5.28. The van der Waals surface area contributed by atoms with Gasteiger partial charge in [-0.3, -0.25) is 4.79 Å². The predicted molar refractivity (Wildman–Crippen MR) is 90.2 cm³/mol. The van der Waals surface area contributed by atoms with Crippen LogP contribution in [0.1, 0.15) is 17.2 Å². The molecule has 23 heavy (non-hydrogen) atoms. The number of hydrogen-bond acceptors (Lipinski definition) is 4. The van der Waals surface area contributed by atoms with Crippen molar-refractivity contribution < 1.29 is 13.2 Å². The Bertz CT molecular complexity index is 848. The van der Waals surface area contributed by atoms with E-state index in [0.717, 1.165) is 16.9 Å².